The number of unbranched alkanes of at least 4 members (excludes halogenated alkanes) is 1. The van der Waals surface area contributed by atoms with Crippen molar-refractivity contribution < 1.29 is 19.1 Å². The maximum atomic E-state index is 12.9. The molecule has 31 heavy (non-hydrogen) atoms. The van der Waals surface area contributed by atoms with Crippen LogP contribution >= 0.6 is 0 Å². The lowest BCUT2D eigenvalue weighted by Crippen LogP contribution is -2.25. The van der Waals surface area contributed by atoms with E-state index >= 15 is 0 Å². The van der Waals surface area contributed by atoms with E-state index < -0.39 is 29.4 Å². The molecule has 0 fully saturated rings. The van der Waals surface area contributed by atoms with Crippen molar-refractivity contribution in [3.05, 3.63) is 82.1 Å². The molecule has 1 aromatic heterocycles. The van der Waals surface area contributed by atoms with Gasteiger partial charge in [0, 0.05) is 18.1 Å². The number of carbonyl (C=O) groups excluding carboxylic acids is 3. The number of ketones is 2. The van der Waals surface area contributed by atoms with Crippen LogP contribution in [0.15, 0.2) is 65.6 Å². The largest absolute Gasteiger partial charge is 0.460 e. The van der Waals surface area contributed by atoms with Crippen LogP contribution in [0, 0.1) is 0 Å². The number of ether oxygens (including phenoxy) is 1. The van der Waals surface area contributed by atoms with E-state index in [2.05, 4.69) is 16.9 Å². The van der Waals surface area contributed by atoms with E-state index in [1.165, 1.54) is 11.8 Å². The first-order valence-corrected chi connectivity index (χ1v) is 10.4. The van der Waals surface area contributed by atoms with Crippen LogP contribution in [0.2, 0.25) is 0 Å². The van der Waals surface area contributed by atoms with E-state index in [9.17, 15) is 19.2 Å². The number of hydrogen-bond acceptors (Lipinski definition) is 5. The van der Waals surface area contributed by atoms with Crippen LogP contribution in [0.5, 0.6) is 0 Å². The van der Waals surface area contributed by atoms with Crippen LogP contribution in [-0.4, -0.2) is 28.7 Å². The Kier molecular flexibility index (Phi) is 7.49. The molecular weight excluding hydrogens is 394 g/mol. The van der Waals surface area contributed by atoms with Gasteiger partial charge in [-0.2, -0.15) is 0 Å². The summed E-state index contributed by atoms with van der Waals surface area (Å²) in [6, 6.07) is 17.3. The molecule has 0 saturated carbocycles. The molecule has 3 rings (SSSR count). The van der Waals surface area contributed by atoms with E-state index in [1.54, 1.807) is 19.1 Å². The van der Waals surface area contributed by atoms with E-state index in [0.717, 1.165) is 24.8 Å². The Bertz CT molecular complexity index is 1150. The zero-order chi connectivity index (χ0) is 22.2. The Labute approximate surface area is 180 Å². The average Bonchev–Trinajstić information content (AvgIpc) is 2.79. The highest BCUT2D eigenvalue weighted by molar-refractivity contribution is 6.38. The molecule has 0 aliphatic heterocycles. The first kappa shape index (κ1) is 22.2. The lowest BCUT2D eigenvalue weighted by atomic mass is 10.0. The minimum Gasteiger partial charge on any atom is -0.460 e. The Balaban J connectivity index is 1.80. The van der Waals surface area contributed by atoms with Crippen LogP contribution in [-0.2, 0) is 27.3 Å². The third-order valence-corrected chi connectivity index (χ3v) is 5.07. The number of aryl methyl sites for hydroxylation is 2. The summed E-state index contributed by atoms with van der Waals surface area (Å²) in [5.41, 5.74) is 1.48. The predicted molar refractivity (Wildman–Crippen MR) is 118 cm³/mol. The normalized spacial score (nSPS) is 10.7. The molecule has 0 N–H and O–H groups in total. The topological polar surface area (TPSA) is 82.4 Å². The molecule has 6 nitrogen and oxygen atoms in total. The van der Waals surface area contributed by atoms with Gasteiger partial charge in [0.1, 0.15) is 0 Å². The second-order valence-corrected chi connectivity index (χ2v) is 7.27. The molecule has 0 aliphatic rings. The van der Waals surface area contributed by atoms with Crippen molar-refractivity contribution in [3.63, 3.8) is 0 Å². The molecule has 2 aromatic carbocycles. The molecule has 0 saturated heterocycles. The van der Waals surface area contributed by atoms with Crippen molar-refractivity contribution in [1.29, 1.82) is 0 Å². The van der Waals surface area contributed by atoms with Crippen molar-refractivity contribution in [3.8, 4) is 0 Å². The number of pyridine rings is 1. The molecule has 0 atom stereocenters. The summed E-state index contributed by atoms with van der Waals surface area (Å²) < 4.78 is 6.52. The number of hydrogen-bond donors (Lipinski definition) is 0. The minimum absolute atomic E-state index is 0.0462. The molecule has 0 aliphatic carbocycles. The summed E-state index contributed by atoms with van der Waals surface area (Å²) in [5.74, 6) is -2.68. The maximum absolute atomic E-state index is 12.9. The summed E-state index contributed by atoms with van der Waals surface area (Å²) in [7, 11) is 0. The number of esters is 1. The Morgan fingerprint density at radius 2 is 1.65 bits per heavy atom. The predicted octanol–water partition coefficient (Wildman–Crippen LogP) is 3.73. The molecular formula is C25H25NO5. The summed E-state index contributed by atoms with van der Waals surface area (Å²) >= 11 is 0. The van der Waals surface area contributed by atoms with Crippen LogP contribution in [0.1, 0.15) is 42.1 Å². The second kappa shape index (κ2) is 10.5. The SMILES string of the molecule is CCOC(=O)C(=O)CC(=O)c1cn(CCCCc2ccccc2)c2ccccc2c1=O. The van der Waals surface area contributed by atoms with E-state index in [1.807, 2.05) is 34.9 Å². The fourth-order valence-corrected chi connectivity index (χ4v) is 3.51. The van der Waals surface area contributed by atoms with E-state index in [4.69, 9.17) is 0 Å². The third kappa shape index (κ3) is 5.54. The van der Waals surface area contributed by atoms with Crippen LogP contribution < -0.4 is 5.43 Å². The van der Waals surface area contributed by atoms with Gasteiger partial charge in [-0.1, -0.05) is 42.5 Å². The molecule has 3 aromatic rings. The average molecular weight is 419 g/mol. The Morgan fingerprint density at radius 1 is 0.935 bits per heavy atom. The molecule has 1 heterocycles. The van der Waals surface area contributed by atoms with Crippen molar-refractivity contribution in [2.75, 3.05) is 6.61 Å². The van der Waals surface area contributed by atoms with Crippen molar-refractivity contribution in [2.24, 2.45) is 0 Å². The monoisotopic (exact) mass is 419 g/mol. The summed E-state index contributed by atoms with van der Waals surface area (Å²) in [6.07, 6.45) is 3.58. The van der Waals surface area contributed by atoms with Crippen LogP contribution in [0.4, 0.5) is 0 Å². The lowest BCUT2D eigenvalue weighted by Gasteiger charge is -2.13. The van der Waals surface area contributed by atoms with Gasteiger partial charge in [0.2, 0.25) is 5.78 Å². The van der Waals surface area contributed by atoms with Crippen LogP contribution in [0.25, 0.3) is 10.9 Å². The summed E-state index contributed by atoms with van der Waals surface area (Å²) in [6.45, 7) is 2.25. The van der Waals surface area contributed by atoms with Gasteiger partial charge in [-0.15, -0.1) is 0 Å². The molecule has 0 amide bonds. The number of rotatable bonds is 10. The fraction of sp³-hybridized carbons (Fsp3) is 0.280. The fourth-order valence-electron chi connectivity index (χ4n) is 3.51. The Hall–Kier alpha value is -3.54. The van der Waals surface area contributed by atoms with Gasteiger partial charge in [0.05, 0.1) is 24.1 Å². The van der Waals surface area contributed by atoms with Gasteiger partial charge < -0.3 is 9.30 Å². The second-order valence-electron chi connectivity index (χ2n) is 7.27. The zero-order valence-electron chi connectivity index (χ0n) is 17.5. The first-order chi connectivity index (χ1) is 15.0. The standard InChI is InChI=1S/C25H25NO5/c1-2-31-25(30)23(28)16-22(27)20-17-26(21-14-7-6-13-19(21)24(20)29)15-9-8-12-18-10-4-3-5-11-18/h3-7,10-11,13-14,17H,2,8-9,12,15-16H2,1H3. The molecule has 6 heteroatoms. The van der Waals surface area contributed by atoms with Crippen molar-refractivity contribution in [1.82, 2.24) is 4.57 Å². The number of para-hydroxylation sites is 1. The number of carbonyl (C=O) groups is 3. The van der Waals surface area contributed by atoms with Crippen molar-refractivity contribution in [2.45, 2.75) is 39.2 Å². The zero-order valence-corrected chi connectivity index (χ0v) is 17.5. The Morgan fingerprint density at radius 3 is 2.39 bits per heavy atom. The summed E-state index contributed by atoms with van der Waals surface area (Å²) in [5, 5.41) is 0.417. The molecule has 0 radical (unpaired) electrons. The number of Topliss-reactive ketones (excluding diaryl/α,β-unsaturated/α-hetero) is 2. The number of nitrogens with zero attached hydrogens (tertiary/aromatic N) is 1. The smallest absolute Gasteiger partial charge is 0.375 e. The lowest BCUT2D eigenvalue weighted by molar-refractivity contribution is -0.153. The maximum Gasteiger partial charge on any atom is 0.375 e. The highest BCUT2D eigenvalue weighted by Crippen LogP contribution is 2.15. The van der Waals surface area contributed by atoms with Gasteiger partial charge in [-0.05, 0) is 43.9 Å². The number of fused-ring (bicyclic) bond motifs is 1. The van der Waals surface area contributed by atoms with E-state index in [0.29, 0.717) is 11.9 Å². The molecule has 0 bridgehead atoms. The van der Waals surface area contributed by atoms with Gasteiger partial charge in [-0.25, -0.2) is 4.79 Å². The highest BCUT2D eigenvalue weighted by atomic mass is 16.5. The molecule has 0 unspecified atom stereocenters. The van der Waals surface area contributed by atoms with Gasteiger partial charge in [0.25, 0.3) is 0 Å². The quantitative estimate of drug-likeness (QED) is 0.164. The first-order valence-electron chi connectivity index (χ1n) is 10.4. The van der Waals surface area contributed by atoms with Gasteiger partial charge in [-0.3, -0.25) is 14.4 Å². The number of aromatic nitrogens is 1. The van der Waals surface area contributed by atoms with E-state index in [-0.39, 0.29) is 12.2 Å². The molecule has 160 valence electrons. The number of benzene rings is 2. The minimum atomic E-state index is -1.06. The highest BCUT2D eigenvalue weighted by Gasteiger charge is 2.23. The van der Waals surface area contributed by atoms with Crippen molar-refractivity contribution >= 4 is 28.4 Å². The van der Waals surface area contributed by atoms with Crippen LogP contribution in [0.3, 0.4) is 0 Å². The van der Waals surface area contributed by atoms with Gasteiger partial charge >= 0.3 is 5.97 Å². The molecule has 0 spiro atoms. The van der Waals surface area contributed by atoms with Gasteiger partial charge in [0.15, 0.2) is 11.2 Å². The third-order valence-electron chi connectivity index (χ3n) is 5.07. The summed E-state index contributed by atoms with van der Waals surface area (Å²) in [4.78, 5) is 49.0.